The van der Waals surface area contributed by atoms with Crippen LogP contribution in [0.1, 0.15) is 5.56 Å². The lowest BCUT2D eigenvalue weighted by Crippen LogP contribution is -2.29. The molecule has 0 atom stereocenters. The maximum atomic E-state index is 12.9. The van der Waals surface area contributed by atoms with E-state index in [4.69, 9.17) is 4.74 Å². The van der Waals surface area contributed by atoms with Crippen molar-refractivity contribution in [2.45, 2.75) is 6.54 Å². The Labute approximate surface area is 104 Å². The quantitative estimate of drug-likeness (QED) is 0.549. The summed E-state index contributed by atoms with van der Waals surface area (Å²) >= 11 is 0. The molecule has 1 aromatic rings. The van der Waals surface area contributed by atoms with E-state index in [0.29, 0.717) is 25.3 Å². The summed E-state index contributed by atoms with van der Waals surface area (Å²) in [6, 6.07) is 1.98. The van der Waals surface area contributed by atoms with Crippen molar-refractivity contribution in [3.8, 4) is 0 Å². The zero-order valence-corrected chi connectivity index (χ0v) is 10.2. The zero-order chi connectivity index (χ0) is 13.4. The van der Waals surface area contributed by atoms with Crippen LogP contribution in [0.2, 0.25) is 0 Å². The minimum atomic E-state index is -1.43. The zero-order valence-electron chi connectivity index (χ0n) is 10.2. The molecular weight excluding hydrogens is 245 g/mol. The van der Waals surface area contributed by atoms with Crippen molar-refractivity contribution < 1.29 is 17.9 Å². The van der Waals surface area contributed by atoms with Crippen molar-refractivity contribution in [3.05, 3.63) is 35.1 Å². The van der Waals surface area contributed by atoms with Gasteiger partial charge < -0.3 is 15.4 Å². The van der Waals surface area contributed by atoms with Gasteiger partial charge in [0.25, 0.3) is 0 Å². The molecule has 6 heteroatoms. The van der Waals surface area contributed by atoms with Crippen LogP contribution in [0, 0.1) is 17.5 Å². The highest BCUT2D eigenvalue weighted by molar-refractivity contribution is 5.19. The molecule has 18 heavy (non-hydrogen) atoms. The van der Waals surface area contributed by atoms with E-state index in [-0.39, 0.29) is 0 Å². The lowest BCUT2D eigenvalue weighted by Gasteiger charge is -2.07. The number of nitrogens with one attached hydrogen (secondary N) is 2. The number of hydrogen-bond donors (Lipinski definition) is 2. The van der Waals surface area contributed by atoms with Crippen LogP contribution in [0.25, 0.3) is 0 Å². The van der Waals surface area contributed by atoms with Gasteiger partial charge in [0.15, 0.2) is 17.5 Å². The first-order chi connectivity index (χ1) is 8.65. The molecule has 0 aliphatic heterocycles. The van der Waals surface area contributed by atoms with Gasteiger partial charge in [0.05, 0.1) is 6.61 Å². The first-order valence-corrected chi connectivity index (χ1v) is 5.69. The summed E-state index contributed by atoms with van der Waals surface area (Å²) in [6.45, 7) is 3.03. The smallest absolute Gasteiger partial charge is 0.194 e. The SMILES string of the molecule is COCCNCCNCc1cc(F)c(F)c(F)c1. The minimum Gasteiger partial charge on any atom is -0.383 e. The summed E-state index contributed by atoms with van der Waals surface area (Å²) in [7, 11) is 1.62. The summed E-state index contributed by atoms with van der Waals surface area (Å²) in [6.07, 6.45) is 0. The van der Waals surface area contributed by atoms with Gasteiger partial charge in [-0.05, 0) is 17.7 Å². The van der Waals surface area contributed by atoms with Crippen LogP contribution in [-0.4, -0.2) is 33.4 Å². The number of rotatable bonds is 8. The van der Waals surface area contributed by atoms with E-state index in [0.717, 1.165) is 25.2 Å². The number of halogens is 3. The summed E-state index contributed by atoms with van der Waals surface area (Å²) in [5.41, 5.74) is 0.378. The number of hydrogen-bond acceptors (Lipinski definition) is 3. The van der Waals surface area contributed by atoms with Gasteiger partial charge in [-0.15, -0.1) is 0 Å². The average molecular weight is 262 g/mol. The second kappa shape index (κ2) is 8.07. The first-order valence-electron chi connectivity index (χ1n) is 5.69. The van der Waals surface area contributed by atoms with Crippen LogP contribution >= 0.6 is 0 Å². The normalized spacial score (nSPS) is 10.9. The molecular formula is C12H17F3N2O. The van der Waals surface area contributed by atoms with Crippen LogP contribution in [0.5, 0.6) is 0 Å². The van der Waals surface area contributed by atoms with Gasteiger partial charge in [0.2, 0.25) is 0 Å². The third-order valence-electron chi connectivity index (χ3n) is 2.33. The fraction of sp³-hybridized carbons (Fsp3) is 0.500. The van der Waals surface area contributed by atoms with E-state index in [1.807, 2.05) is 0 Å². The van der Waals surface area contributed by atoms with Crippen molar-refractivity contribution in [1.82, 2.24) is 10.6 Å². The molecule has 0 saturated carbocycles. The summed E-state index contributed by atoms with van der Waals surface area (Å²) in [5.74, 6) is -3.75. The van der Waals surface area contributed by atoms with Crippen molar-refractivity contribution >= 4 is 0 Å². The van der Waals surface area contributed by atoms with Crippen molar-refractivity contribution in [2.24, 2.45) is 0 Å². The van der Waals surface area contributed by atoms with Crippen LogP contribution in [0.15, 0.2) is 12.1 Å². The Morgan fingerprint density at radius 1 is 1.00 bits per heavy atom. The van der Waals surface area contributed by atoms with Crippen molar-refractivity contribution in [2.75, 3.05) is 33.4 Å². The second-order valence-electron chi connectivity index (χ2n) is 3.79. The summed E-state index contributed by atoms with van der Waals surface area (Å²) in [4.78, 5) is 0. The summed E-state index contributed by atoms with van der Waals surface area (Å²) < 4.78 is 43.3. The van der Waals surface area contributed by atoms with Crippen LogP contribution in [0.4, 0.5) is 13.2 Å². The predicted octanol–water partition coefficient (Wildman–Crippen LogP) is 1.43. The van der Waals surface area contributed by atoms with Gasteiger partial charge in [-0.3, -0.25) is 0 Å². The monoisotopic (exact) mass is 262 g/mol. The van der Waals surface area contributed by atoms with Gasteiger partial charge in [-0.25, -0.2) is 13.2 Å². The first kappa shape index (κ1) is 14.9. The Hall–Kier alpha value is -1.11. The molecule has 0 bridgehead atoms. The second-order valence-corrected chi connectivity index (χ2v) is 3.79. The molecule has 0 aromatic heterocycles. The third-order valence-corrected chi connectivity index (χ3v) is 2.33. The highest BCUT2D eigenvalue weighted by Gasteiger charge is 2.09. The van der Waals surface area contributed by atoms with Gasteiger partial charge in [-0.2, -0.15) is 0 Å². The Morgan fingerprint density at radius 2 is 1.61 bits per heavy atom. The van der Waals surface area contributed by atoms with Gasteiger partial charge in [0.1, 0.15) is 0 Å². The number of benzene rings is 1. The van der Waals surface area contributed by atoms with E-state index in [9.17, 15) is 13.2 Å². The van der Waals surface area contributed by atoms with E-state index in [2.05, 4.69) is 10.6 Å². The molecule has 0 aliphatic carbocycles. The molecule has 1 aromatic carbocycles. The molecule has 0 amide bonds. The molecule has 0 heterocycles. The molecule has 0 spiro atoms. The fourth-order valence-corrected chi connectivity index (χ4v) is 1.42. The average Bonchev–Trinajstić information content (AvgIpc) is 2.34. The maximum Gasteiger partial charge on any atom is 0.194 e. The maximum absolute atomic E-state index is 12.9. The fourth-order valence-electron chi connectivity index (χ4n) is 1.42. The highest BCUT2D eigenvalue weighted by atomic mass is 19.2. The van der Waals surface area contributed by atoms with Gasteiger partial charge in [-0.1, -0.05) is 0 Å². The van der Waals surface area contributed by atoms with E-state index in [1.54, 1.807) is 7.11 Å². The molecule has 0 unspecified atom stereocenters. The van der Waals surface area contributed by atoms with Crippen molar-refractivity contribution in [1.29, 1.82) is 0 Å². The van der Waals surface area contributed by atoms with Crippen LogP contribution in [0.3, 0.4) is 0 Å². The lowest BCUT2D eigenvalue weighted by molar-refractivity contribution is 0.199. The van der Waals surface area contributed by atoms with E-state index in [1.165, 1.54) is 0 Å². The van der Waals surface area contributed by atoms with E-state index < -0.39 is 17.5 Å². The Kier molecular flexibility index (Phi) is 6.70. The molecule has 0 saturated heterocycles. The van der Waals surface area contributed by atoms with Gasteiger partial charge >= 0.3 is 0 Å². The largest absolute Gasteiger partial charge is 0.383 e. The molecule has 0 aliphatic rings. The Balaban J connectivity index is 2.23. The molecule has 3 nitrogen and oxygen atoms in total. The minimum absolute atomic E-state index is 0.292. The standard InChI is InChI=1S/C12H17F3N2O/c1-18-5-4-16-2-3-17-8-9-6-10(13)12(15)11(14)7-9/h6-7,16-17H,2-5,8H2,1H3. The topological polar surface area (TPSA) is 33.3 Å². The molecule has 0 fully saturated rings. The number of methoxy groups -OCH3 is 1. The third kappa shape index (κ3) is 5.03. The molecule has 102 valence electrons. The van der Waals surface area contributed by atoms with Gasteiger partial charge in [0, 0.05) is 33.3 Å². The lowest BCUT2D eigenvalue weighted by atomic mass is 10.2. The summed E-state index contributed by atoms with van der Waals surface area (Å²) in [5, 5.41) is 6.10. The van der Waals surface area contributed by atoms with Crippen LogP contribution in [-0.2, 0) is 11.3 Å². The molecule has 2 N–H and O–H groups in total. The molecule has 0 radical (unpaired) electrons. The Bertz CT molecular complexity index is 351. The van der Waals surface area contributed by atoms with E-state index >= 15 is 0 Å². The highest BCUT2D eigenvalue weighted by Crippen LogP contribution is 2.13. The number of ether oxygens (including phenoxy) is 1. The van der Waals surface area contributed by atoms with Crippen molar-refractivity contribution in [3.63, 3.8) is 0 Å². The Morgan fingerprint density at radius 3 is 2.22 bits per heavy atom. The predicted molar refractivity (Wildman–Crippen MR) is 62.8 cm³/mol. The molecule has 1 rings (SSSR count). The van der Waals surface area contributed by atoms with Crippen LogP contribution < -0.4 is 10.6 Å².